The SMILES string of the molecule is CCOC1CCN(C(=O)C2C=C3C(=NC(=O)c4cnn(C5CCOCC5)c43)C=C2C)CC1. The number of nitrogens with zero attached hydrogens (tertiary/aromatic N) is 4. The van der Waals surface area contributed by atoms with Gasteiger partial charge in [-0.05, 0) is 45.6 Å². The van der Waals surface area contributed by atoms with E-state index in [2.05, 4.69) is 10.1 Å². The van der Waals surface area contributed by atoms with Gasteiger partial charge in [0.2, 0.25) is 5.91 Å². The number of aromatic nitrogens is 2. The van der Waals surface area contributed by atoms with Gasteiger partial charge in [0.25, 0.3) is 5.91 Å². The molecule has 8 heteroatoms. The van der Waals surface area contributed by atoms with Crippen molar-refractivity contribution in [1.29, 1.82) is 0 Å². The topological polar surface area (TPSA) is 86.0 Å². The molecular weight excluding hydrogens is 408 g/mol. The summed E-state index contributed by atoms with van der Waals surface area (Å²) >= 11 is 0. The van der Waals surface area contributed by atoms with Gasteiger partial charge in [0.05, 0.1) is 41.2 Å². The van der Waals surface area contributed by atoms with Gasteiger partial charge in [-0.2, -0.15) is 5.10 Å². The second kappa shape index (κ2) is 8.75. The van der Waals surface area contributed by atoms with Gasteiger partial charge in [-0.15, -0.1) is 0 Å². The molecule has 2 fully saturated rings. The van der Waals surface area contributed by atoms with Crippen LogP contribution in [0.25, 0.3) is 5.57 Å². The molecule has 2 saturated heterocycles. The first-order chi connectivity index (χ1) is 15.6. The van der Waals surface area contributed by atoms with E-state index in [0.717, 1.165) is 42.5 Å². The van der Waals surface area contributed by atoms with Crippen LogP contribution in [0.1, 0.15) is 61.6 Å². The molecule has 0 radical (unpaired) electrons. The zero-order chi connectivity index (χ0) is 22.2. The van der Waals surface area contributed by atoms with Crippen LogP contribution in [-0.4, -0.2) is 71.2 Å². The lowest BCUT2D eigenvalue weighted by molar-refractivity contribution is -0.135. The molecule has 0 spiro atoms. The van der Waals surface area contributed by atoms with Crippen LogP contribution in [0.4, 0.5) is 0 Å². The van der Waals surface area contributed by atoms with E-state index >= 15 is 0 Å². The number of allylic oxidation sites excluding steroid dienone is 2. The van der Waals surface area contributed by atoms with Crippen LogP contribution in [0.15, 0.2) is 28.9 Å². The van der Waals surface area contributed by atoms with Crippen molar-refractivity contribution in [1.82, 2.24) is 14.7 Å². The number of fused-ring (bicyclic) bond motifs is 3. The summed E-state index contributed by atoms with van der Waals surface area (Å²) in [6.07, 6.45) is 9.20. The van der Waals surface area contributed by atoms with Gasteiger partial charge in [-0.3, -0.25) is 14.3 Å². The molecule has 5 rings (SSSR count). The molecule has 1 aromatic heterocycles. The highest BCUT2D eigenvalue weighted by molar-refractivity contribution is 6.36. The van der Waals surface area contributed by atoms with Crippen molar-refractivity contribution in [3.63, 3.8) is 0 Å². The van der Waals surface area contributed by atoms with E-state index in [1.165, 1.54) is 0 Å². The average molecular weight is 439 g/mol. The molecule has 2 amide bonds. The van der Waals surface area contributed by atoms with Crippen molar-refractivity contribution >= 4 is 23.1 Å². The lowest BCUT2D eigenvalue weighted by Gasteiger charge is -2.35. The largest absolute Gasteiger partial charge is 0.381 e. The fourth-order valence-corrected chi connectivity index (χ4v) is 5.16. The molecule has 4 heterocycles. The molecule has 0 aromatic carbocycles. The summed E-state index contributed by atoms with van der Waals surface area (Å²) in [4.78, 5) is 32.4. The molecule has 32 heavy (non-hydrogen) atoms. The maximum absolute atomic E-state index is 13.5. The molecule has 1 aliphatic carbocycles. The highest BCUT2D eigenvalue weighted by atomic mass is 16.5. The number of aliphatic imine (C=N–C) groups is 1. The number of hydrogen-bond acceptors (Lipinski definition) is 5. The third-order valence-electron chi connectivity index (χ3n) is 6.93. The average Bonchev–Trinajstić information content (AvgIpc) is 3.26. The Kier molecular flexibility index (Phi) is 5.82. The van der Waals surface area contributed by atoms with Gasteiger partial charge >= 0.3 is 0 Å². The predicted molar refractivity (Wildman–Crippen MR) is 120 cm³/mol. The molecule has 0 N–H and O–H groups in total. The molecule has 170 valence electrons. The minimum atomic E-state index is -0.355. The Hall–Kier alpha value is -2.58. The predicted octanol–water partition coefficient (Wildman–Crippen LogP) is 2.82. The lowest BCUT2D eigenvalue weighted by Crippen LogP contribution is -2.44. The normalized spacial score (nSPS) is 24.4. The number of ether oxygens (including phenoxy) is 2. The fourth-order valence-electron chi connectivity index (χ4n) is 5.16. The molecule has 1 aromatic rings. The van der Waals surface area contributed by atoms with Crippen LogP contribution in [-0.2, 0) is 14.3 Å². The van der Waals surface area contributed by atoms with Crippen LogP contribution in [0, 0.1) is 5.92 Å². The summed E-state index contributed by atoms with van der Waals surface area (Å²) in [5.41, 5.74) is 3.70. The number of carbonyl (C=O) groups is 2. The first-order valence-corrected chi connectivity index (χ1v) is 11.7. The third kappa shape index (κ3) is 3.75. The summed E-state index contributed by atoms with van der Waals surface area (Å²) in [7, 11) is 0. The van der Waals surface area contributed by atoms with Gasteiger partial charge in [0.1, 0.15) is 0 Å². The number of rotatable bonds is 4. The number of likely N-dealkylation sites (tertiary alicyclic amines) is 1. The van der Waals surface area contributed by atoms with Crippen LogP contribution in [0.3, 0.4) is 0 Å². The first kappa shape index (κ1) is 21.3. The number of carbonyl (C=O) groups excluding carboxylic acids is 2. The van der Waals surface area contributed by atoms with E-state index in [1.807, 2.05) is 35.6 Å². The summed E-state index contributed by atoms with van der Waals surface area (Å²) in [5.74, 6) is -0.514. The molecular formula is C24H30N4O4. The Bertz CT molecular complexity index is 1010. The number of amides is 2. The molecule has 3 aliphatic heterocycles. The van der Waals surface area contributed by atoms with Crippen molar-refractivity contribution in [3.8, 4) is 0 Å². The van der Waals surface area contributed by atoms with E-state index in [9.17, 15) is 9.59 Å². The van der Waals surface area contributed by atoms with Crippen molar-refractivity contribution in [2.75, 3.05) is 32.9 Å². The molecule has 4 aliphatic rings. The molecule has 8 nitrogen and oxygen atoms in total. The number of piperidine rings is 1. The Morgan fingerprint density at radius 3 is 2.69 bits per heavy atom. The van der Waals surface area contributed by atoms with Crippen molar-refractivity contribution < 1.29 is 19.1 Å². The van der Waals surface area contributed by atoms with E-state index in [4.69, 9.17) is 9.47 Å². The summed E-state index contributed by atoms with van der Waals surface area (Å²) in [5, 5.41) is 4.56. The van der Waals surface area contributed by atoms with Crippen LogP contribution in [0.5, 0.6) is 0 Å². The smallest absolute Gasteiger partial charge is 0.281 e. The molecule has 1 atom stereocenters. The Labute approximate surface area is 188 Å². The zero-order valence-corrected chi connectivity index (χ0v) is 18.7. The minimum absolute atomic E-state index is 0.107. The van der Waals surface area contributed by atoms with Gasteiger partial charge in [-0.1, -0.05) is 11.6 Å². The summed E-state index contributed by atoms with van der Waals surface area (Å²) in [6.45, 7) is 7.45. The first-order valence-electron chi connectivity index (χ1n) is 11.7. The van der Waals surface area contributed by atoms with Gasteiger partial charge in [0.15, 0.2) is 0 Å². The van der Waals surface area contributed by atoms with E-state index < -0.39 is 0 Å². The Morgan fingerprint density at radius 2 is 1.97 bits per heavy atom. The van der Waals surface area contributed by atoms with Crippen molar-refractivity contribution in [3.05, 3.63) is 35.2 Å². The number of hydrogen-bond donors (Lipinski definition) is 0. The maximum Gasteiger partial charge on any atom is 0.281 e. The minimum Gasteiger partial charge on any atom is -0.381 e. The highest BCUT2D eigenvalue weighted by Gasteiger charge is 2.36. The lowest BCUT2D eigenvalue weighted by atomic mass is 9.84. The quantitative estimate of drug-likeness (QED) is 0.722. The molecule has 0 saturated carbocycles. The second-order valence-electron chi connectivity index (χ2n) is 8.92. The summed E-state index contributed by atoms with van der Waals surface area (Å²) < 4.78 is 13.2. The summed E-state index contributed by atoms with van der Waals surface area (Å²) in [6, 6.07) is 0.180. The van der Waals surface area contributed by atoms with Gasteiger partial charge in [0, 0.05) is 38.5 Å². The Balaban J connectivity index is 1.44. The van der Waals surface area contributed by atoms with Crippen LogP contribution >= 0.6 is 0 Å². The maximum atomic E-state index is 13.5. The standard InChI is InChI=1S/C24H30N4O4/c1-3-32-17-4-8-27(9-5-17)24(30)18-13-19-21(12-15(18)2)26-23(29)20-14-25-28(22(19)20)16-6-10-31-11-7-16/h12-14,16-18H,3-11H2,1-2H3. The van der Waals surface area contributed by atoms with E-state index in [0.29, 0.717) is 44.2 Å². The second-order valence-corrected chi connectivity index (χ2v) is 8.92. The van der Waals surface area contributed by atoms with Gasteiger partial charge in [-0.25, -0.2) is 4.99 Å². The third-order valence-corrected chi connectivity index (χ3v) is 6.93. The molecule has 0 bridgehead atoms. The fraction of sp³-hybridized carbons (Fsp3) is 0.583. The van der Waals surface area contributed by atoms with E-state index in [-0.39, 0.29) is 29.9 Å². The Morgan fingerprint density at radius 1 is 1.22 bits per heavy atom. The zero-order valence-electron chi connectivity index (χ0n) is 18.7. The highest BCUT2D eigenvalue weighted by Crippen LogP contribution is 2.37. The van der Waals surface area contributed by atoms with Crippen molar-refractivity contribution in [2.24, 2.45) is 10.9 Å². The monoisotopic (exact) mass is 438 g/mol. The van der Waals surface area contributed by atoms with Crippen LogP contribution < -0.4 is 0 Å². The van der Waals surface area contributed by atoms with Crippen molar-refractivity contribution in [2.45, 2.75) is 51.7 Å². The van der Waals surface area contributed by atoms with Gasteiger partial charge < -0.3 is 14.4 Å². The molecule has 1 unspecified atom stereocenters. The van der Waals surface area contributed by atoms with E-state index in [1.54, 1.807) is 6.20 Å². The van der Waals surface area contributed by atoms with Crippen LogP contribution in [0.2, 0.25) is 0 Å².